The van der Waals surface area contributed by atoms with Gasteiger partial charge in [-0.3, -0.25) is 0 Å². The maximum absolute atomic E-state index is 12.9. The zero-order valence-electron chi connectivity index (χ0n) is 17.2. The highest BCUT2D eigenvalue weighted by Crippen LogP contribution is 2.48. The second-order valence-electron chi connectivity index (χ2n) is 9.51. The van der Waals surface area contributed by atoms with E-state index in [9.17, 15) is 9.32 Å². The van der Waals surface area contributed by atoms with Gasteiger partial charge in [0, 0.05) is 11.0 Å². The number of aliphatic hydroxyl groups is 1. The normalized spacial score (nSPS) is 28.0. The van der Waals surface area contributed by atoms with Gasteiger partial charge in [-0.25, -0.2) is 4.21 Å². The van der Waals surface area contributed by atoms with Gasteiger partial charge in [0.1, 0.15) is 16.7 Å². The van der Waals surface area contributed by atoms with Crippen molar-refractivity contribution in [2.24, 2.45) is 15.7 Å². The van der Waals surface area contributed by atoms with Gasteiger partial charge in [-0.1, -0.05) is 19.9 Å². The fourth-order valence-electron chi connectivity index (χ4n) is 3.95. The average molecular weight is 392 g/mol. The third-order valence-corrected chi connectivity index (χ3v) is 6.96. The molecule has 5 heteroatoms. The van der Waals surface area contributed by atoms with Crippen LogP contribution in [0.3, 0.4) is 0 Å². The average Bonchev–Trinajstić information content (AvgIpc) is 2.88. The summed E-state index contributed by atoms with van der Waals surface area (Å²) in [6, 6.07) is 6.26. The molecule has 1 fully saturated rings. The molecule has 4 nitrogen and oxygen atoms in total. The Bertz CT molecular complexity index is 740. The van der Waals surface area contributed by atoms with Crippen molar-refractivity contribution >= 4 is 16.7 Å². The molecular formula is C22H33NO3S. The fourth-order valence-corrected chi connectivity index (χ4v) is 4.68. The van der Waals surface area contributed by atoms with Crippen molar-refractivity contribution in [3.8, 4) is 5.75 Å². The summed E-state index contributed by atoms with van der Waals surface area (Å²) in [7, 11) is -1.30. The maximum Gasteiger partial charge on any atom is 0.145 e. The third kappa shape index (κ3) is 4.45. The van der Waals surface area contributed by atoms with Gasteiger partial charge in [0.25, 0.3) is 0 Å². The maximum atomic E-state index is 12.9. The second-order valence-corrected chi connectivity index (χ2v) is 11.4. The molecule has 1 atom stereocenters. The number of ether oxygens (including phenoxy) is 1. The van der Waals surface area contributed by atoms with E-state index in [1.807, 2.05) is 26.8 Å². The molecule has 2 aliphatic rings. The molecule has 0 amide bonds. The quantitative estimate of drug-likeness (QED) is 0.825. The van der Waals surface area contributed by atoms with E-state index in [1.165, 1.54) is 5.56 Å². The van der Waals surface area contributed by atoms with Crippen molar-refractivity contribution in [3.63, 3.8) is 0 Å². The van der Waals surface area contributed by atoms with E-state index in [1.54, 1.807) is 0 Å². The summed E-state index contributed by atoms with van der Waals surface area (Å²) in [5, 5.41) is 10.0. The highest BCUT2D eigenvalue weighted by atomic mass is 32.2. The molecule has 2 aliphatic carbocycles. The zero-order valence-corrected chi connectivity index (χ0v) is 18.1. The Morgan fingerprint density at radius 1 is 1.30 bits per heavy atom. The highest BCUT2D eigenvalue weighted by Gasteiger charge is 2.46. The van der Waals surface area contributed by atoms with Crippen LogP contribution in [-0.4, -0.2) is 32.5 Å². The minimum atomic E-state index is -1.30. The minimum Gasteiger partial charge on any atom is -0.493 e. The molecule has 0 radical (unpaired) electrons. The van der Waals surface area contributed by atoms with Crippen LogP contribution in [0.1, 0.15) is 71.4 Å². The summed E-state index contributed by atoms with van der Waals surface area (Å²) in [6.45, 7) is 10.8. The van der Waals surface area contributed by atoms with Crippen LogP contribution in [0, 0.1) is 11.3 Å². The Hall–Kier alpha value is -1.20. The van der Waals surface area contributed by atoms with Gasteiger partial charge in [0.2, 0.25) is 0 Å². The molecule has 0 saturated heterocycles. The van der Waals surface area contributed by atoms with Crippen molar-refractivity contribution in [1.29, 1.82) is 0 Å². The van der Waals surface area contributed by atoms with Gasteiger partial charge in [-0.2, -0.15) is 4.40 Å². The Morgan fingerprint density at radius 3 is 2.56 bits per heavy atom. The summed E-state index contributed by atoms with van der Waals surface area (Å²) >= 11 is 0. The van der Waals surface area contributed by atoms with Gasteiger partial charge in [0.15, 0.2) is 0 Å². The van der Waals surface area contributed by atoms with Gasteiger partial charge in [-0.05, 0) is 76.5 Å². The monoisotopic (exact) mass is 391 g/mol. The number of hydrogen-bond acceptors (Lipinski definition) is 3. The number of aliphatic hydroxyl groups excluding tert-OH is 1. The first-order valence-corrected chi connectivity index (χ1v) is 11.2. The molecule has 3 rings (SSSR count). The molecule has 0 bridgehead atoms. The van der Waals surface area contributed by atoms with Crippen LogP contribution < -0.4 is 4.74 Å². The number of rotatable bonds is 4. The lowest BCUT2D eigenvalue weighted by Gasteiger charge is -2.36. The summed E-state index contributed by atoms with van der Waals surface area (Å²) in [6.07, 6.45) is 4.05. The molecule has 0 aliphatic heterocycles. The van der Waals surface area contributed by atoms with E-state index in [-0.39, 0.29) is 11.5 Å². The predicted octanol–water partition coefficient (Wildman–Crippen LogP) is 4.45. The minimum absolute atomic E-state index is 0.0981. The first kappa shape index (κ1) is 20.5. The van der Waals surface area contributed by atoms with Crippen LogP contribution in [0.4, 0.5) is 0 Å². The van der Waals surface area contributed by atoms with Gasteiger partial charge < -0.3 is 9.84 Å². The molecule has 150 valence electrons. The van der Waals surface area contributed by atoms with Crippen molar-refractivity contribution in [2.75, 3.05) is 6.61 Å². The largest absolute Gasteiger partial charge is 0.493 e. The number of benzene rings is 1. The lowest BCUT2D eigenvalue weighted by molar-refractivity contribution is 0.0934. The first-order valence-electron chi connectivity index (χ1n) is 10.1. The van der Waals surface area contributed by atoms with E-state index < -0.39 is 15.7 Å². The van der Waals surface area contributed by atoms with Crippen molar-refractivity contribution in [2.45, 2.75) is 77.6 Å². The van der Waals surface area contributed by atoms with E-state index in [2.05, 4.69) is 26.0 Å². The molecule has 1 unspecified atom stereocenters. The predicted molar refractivity (Wildman–Crippen MR) is 112 cm³/mol. The Morgan fingerprint density at radius 2 is 1.96 bits per heavy atom. The van der Waals surface area contributed by atoms with Crippen LogP contribution >= 0.6 is 0 Å². The number of fused-ring (bicyclic) bond motifs is 1. The highest BCUT2D eigenvalue weighted by molar-refractivity contribution is 7.85. The van der Waals surface area contributed by atoms with Gasteiger partial charge in [0.05, 0.1) is 23.2 Å². The SMILES string of the molecule is CC(C)COc1ccc2c(c1)C(=NS(=O)C(C)(C)C)C1(CCC(O)CC1)C2. The third-order valence-electron chi connectivity index (χ3n) is 5.56. The standard InChI is InChI=1S/C22H33NO3S/c1-15(2)14-26-18-7-6-16-13-22(10-8-17(24)9-11-22)20(19(16)12-18)23-27(25)21(3,4)5/h6-7,12,15,17,24H,8-11,13-14H2,1-5H3. The lowest BCUT2D eigenvalue weighted by atomic mass is 9.70. The van der Waals surface area contributed by atoms with E-state index in [4.69, 9.17) is 9.13 Å². The number of hydrogen-bond donors (Lipinski definition) is 1. The molecule has 1 aromatic carbocycles. The molecule has 0 aromatic heterocycles. The molecule has 27 heavy (non-hydrogen) atoms. The molecule has 1 N–H and O–H groups in total. The van der Waals surface area contributed by atoms with Gasteiger partial charge in [-0.15, -0.1) is 0 Å². The summed E-state index contributed by atoms with van der Waals surface area (Å²) in [5.74, 6) is 1.32. The van der Waals surface area contributed by atoms with Crippen LogP contribution in [0.25, 0.3) is 0 Å². The van der Waals surface area contributed by atoms with E-state index >= 15 is 0 Å². The summed E-state index contributed by atoms with van der Waals surface area (Å²) in [5.41, 5.74) is 3.21. The lowest BCUT2D eigenvalue weighted by Crippen LogP contribution is -2.36. The molecule has 1 spiro atoms. The Kier molecular flexibility index (Phi) is 5.83. The first-order chi connectivity index (χ1) is 12.6. The van der Waals surface area contributed by atoms with Crippen LogP contribution in [-0.2, 0) is 17.4 Å². The summed E-state index contributed by atoms with van der Waals surface area (Å²) < 4.78 is 23.2. The number of nitrogens with zero attached hydrogens (tertiary/aromatic N) is 1. The van der Waals surface area contributed by atoms with Crippen molar-refractivity contribution in [1.82, 2.24) is 0 Å². The topological polar surface area (TPSA) is 58.9 Å². The van der Waals surface area contributed by atoms with E-state index in [0.29, 0.717) is 12.5 Å². The van der Waals surface area contributed by atoms with Crippen LogP contribution in [0.2, 0.25) is 0 Å². The van der Waals surface area contributed by atoms with Crippen molar-refractivity contribution < 1.29 is 14.1 Å². The van der Waals surface area contributed by atoms with E-state index in [0.717, 1.165) is 49.1 Å². The molecule has 1 saturated carbocycles. The fraction of sp³-hybridized carbons (Fsp3) is 0.682. The smallest absolute Gasteiger partial charge is 0.145 e. The van der Waals surface area contributed by atoms with Crippen LogP contribution in [0.5, 0.6) is 5.75 Å². The molecule has 1 aromatic rings. The summed E-state index contributed by atoms with van der Waals surface area (Å²) in [4.78, 5) is 0. The van der Waals surface area contributed by atoms with Crippen molar-refractivity contribution in [3.05, 3.63) is 29.3 Å². The Balaban J connectivity index is 2.00. The second kappa shape index (κ2) is 7.67. The molecule has 0 heterocycles. The van der Waals surface area contributed by atoms with Gasteiger partial charge >= 0.3 is 0 Å². The molecular weight excluding hydrogens is 358 g/mol. The zero-order chi connectivity index (χ0) is 19.8. The van der Waals surface area contributed by atoms with Crippen LogP contribution in [0.15, 0.2) is 22.6 Å². The Labute approximate surface area is 166 Å².